The second kappa shape index (κ2) is 6.72. The zero-order chi connectivity index (χ0) is 12.1. The van der Waals surface area contributed by atoms with Crippen molar-refractivity contribution < 1.29 is 4.74 Å². The average Bonchev–Trinajstić information content (AvgIpc) is 2.82. The lowest BCUT2D eigenvalue weighted by Gasteiger charge is -2.37. The van der Waals surface area contributed by atoms with E-state index < -0.39 is 0 Å². The smallest absolute Gasteiger partial charge is 0.0480 e. The summed E-state index contributed by atoms with van der Waals surface area (Å²) in [6.45, 7) is 10.3. The molecule has 2 heterocycles. The predicted octanol–water partition coefficient (Wildman–Crippen LogP) is 1.88. The van der Waals surface area contributed by atoms with Gasteiger partial charge in [0.2, 0.25) is 0 Å². The van der Waals surface area contributed by atoms with Crippen LogP contribution in [0.1, 0.15) is 39.5 Å². The molecule has 2 aliphatic heterocycles. The molecule has 100 valence electrons. The molecule has 0 aromatic rings. The normalized spacial score (nSPS) is 27.2. The van der Waals surface area contributed by atoms with Gasteiger partial charge in [-0.25, -0.2) is 0 Å². The van der Waals surface area contributed by atoms with Crippen LogP contribution in [0.4, 0.5) is 0 Å². The van der Waals surface area contributed by atoms with E-state index in [1.807, 2.05) is 0 Å². The maximum absolute atomic E-state index is 5.48. The lowest BCUT2D eigenvalue weighted by atomic mass is 10.0. The minimum Gasteiger partial charge on any atom is -0.381 e. The maximum Gasteiger partial charge on any atom is 0.0480 e. The van der Waals surface area contributed by atoms with Gasteiger partial charge in [0.05, 0.1) is 0 Å². The molecule has 0 aromatic carbocycles. The number of ether oxygens (including phenoxy) is 1. The van der Waals surface area contributed by atoms with E-state index in [1.165, 1.54) is 45.3 Å². The summed E-state index contributed by atoms with van der Waals surface area (Å²) in [7, 11) is 0. The van der Waals surface area contributed by atoms with Gasteiger partial charge in [-0.2, -0.15) is 0 Å². The van der Waals surface area contributed by atoms with Crippen LogP contribution in [0.3, 0.4) is 0 Å². The van der Waals surface area contributed by atoms with Gasteiger partial charge in [-0.1, -0.05) is 13.8 Å². The highest BCUT2D eigenvalue weighted by atomic mass is 16.5. The molecular formula is C14H28N2O. The van der Waals surface area contributed by atoms with Crippen LogP contribution in [0.2, 0.25) is 0 Å². The van der Waals surface area contributed by atoms with E-state index in [0.717, 1.165) is 31.2 Å². The van der Waals surface area contributed by atoms with E-state index in [1.54, 1.807) is 0 Å². The van der Waals surface area contributed by atoms with E-state index in [9.17, 15) is 0 Å². The van der Waals surface area contributed by atoms with E-state index in [-0.39, 0.29) is 0 Å². The standard InChI is InChI=1S/C14H28N2O/c1-12(2)10-16(11-13-4-3-7-15-13)14-5-8-17-9-6-14/h12-15H,3-11H2,1-2H3. The number of hydrogen-bond donors (Lipinski definition) is 1. The summed E-state index contributed by atoms with van der Waals surface area (Å²) >= 11 is 0. The molecule has 0 aromatic heterocycles. The highest BCUT2D eigenvalue weighted by Gasteiger charge is 2.25. The van der Waals surface area contributed by atoms with Gasteiger partial charge in [0.1, 0.15) is 0 Å². The topological polar surface area (TPSA) is 24.5 Å². The van der Waals surface area contributed by atoms with Crippen molar-refractivity contribution in [3.63, 3.8) is 0 Å². The largest absolute Gasteiger partial charge is 0.381 e. The highest BCUT2D eigenvalue weighted by Crippen LogP contribution is 2.18. The van der Waals surface area contributed by atoms with Crippen LogP contribution >= 0.6 is 0 Å². The summed E-state index contributed by atoms with van der Waals surface area (Å²) in [4.78, 5) is 2.72. The molecule has 1 unspecified atom stereocenters. The fraction of sp³-hybridized carbons (Fsp3) is 1.00. The number of hydrogen-bond acceptors (Lipinski definition) is 3. The maximum atomic E-state index is 5.48. The third kappa shape index (κ3) is 4.23. The third-order valence-electron chi connectivity index (χ3n) is 3.92. The Morgan fingerprint density at radius 2 is 2.00 bits per heavy atom. The van der Waals surface area contributed by atoms with Crippen LogP contribution in [-0.2, 0) is 4.74 Å². The predicted molar refractivity (Wildman–Crippen MR) is 71.3 cm³/mol. The average molecular weight is 240 g/mol. The molecule has 17 heavy (non-hydrogen) atoms. The summed E-state index contributed by atoms with van der Waals surface area (Å²) in [5.41, 5.74) is 0. The Bertz CT molecular complexity index is 208. The Hall–Kier alpha value is -0.120. The second-order valence-electron chi connectivity index (χ2n) is 5.98. The van der Waals surface area contributed by atoms with Gasteiger partial charge < -0.3 is 10.1 Å². The van der Waals surface area contributed by atoms with Crippen molar-refractivity contribution >= 4 is 0 Å². The molecule has 1 N–H and O–H groups in total. The Labute approximate surface area is 106 Å². The van der Waals surface area contributed by atoms with Crippen LogP contribution in [0, 0.1) is 5.92 Å². The van der Waals surface area contributed by atoms with Crippen molar-refractivity contribution in [1.29, 1.82) is 0 Å². The Morgan fingerprint density at radius 1 is 1.24 bits per heavy atom. The molecule has 0 radical (unpaired) electrons. The van der Waals surface area contributed by atoms with Crippen molar-refractivity contribution in [3.8, 4) is 0 Å². The number of nitrogens with one attached hydrogen (secondary N) is 1. The summed E-state index contributed by atoms with van der Waals surface area (Å²) < 4.78 is 5.48. The van der Waals surface area contributed by atoms with Crippen LogP contribution in [0.25, 0.3) is 0 Å². The first-order chi connectivity index (χ1) is 8.25. The third-order valence-corrected chi connectivity index (χ3v) is 3.92. The lowest BCUT2D eigenvalue weighted by molar-refractivity contribution is 0.0270. The Morgan fingerprint density at radius 3 is 2.59 bits per heavy atom. The quantitative estimate of drug-likeness (QED) is 0.794. The van der Waals surface area contributed by atoms with Gasteiger partial charge in [-0.3, -0.25) is 4.90 Å². The highest BCUT2D eigenvalue weighted by molar-refractivity contribution is 4.83. The summed E-state index contributed by atoms with van der Waals surface area (Å²) in [6.07, 6.45) is 5.16. The molecular weight excluding hydrogens is 212 g/mol. The molecule has 3 nitrogen and oxygen atoms in total. The van der Waals surface area contributed by atoms with Crippen molar-refractivity contribution in [2.45, 2.75) is 51.6 Å². The molecule has 0 aliphatic carbocycles. The van der Waals surface area contributed by atoms with Crippen molar-refractivity contribution in [1.82, 2.24) is 10.2 Å². The first kappa shape index (κ1) is 13.3. The van der Waals surface area contributed by atoms with Gasteiger partial charge in [0.25, 0.3) is 0 Å². The van der Waals surface area contributed by atoms with E-state index >= 15 is 0 Å². The summed E-state index contributed by atoms with van der Waals surface area (Å²) in [5.74, 6) is 0.763. The van der Waals surface area contributed by atoms with E-state index in [2.05, 4.69) is 24.1 Å². The first-order valence-corrected chi connectivity index (χ1v) is 7.31. The minimum absolute atomic E-state index is 0.733. The molecule has 2 aliphatic rings. The monoisotopic (exact) mass is 240 g/mol. The zero-order valence-electron chi connectivity index (χ0n) is 11.5. The van der Waals surface area contributed by atoms with Crippen molar-refractivity contribution in [3.05, 3.63) is 0 Å². The fourth-order valence-corrected chi connectivity index (χ4v) is 3.09. The fourth-order valence-electron chi connectivity index (χ4n) is 3.09. The number of rotatable bonds is 5. The van der Waals surface area contributed by atoms with Gasteiger partial charge in [0, 0.05) is 38.4 Å². The zero-order valence-corrected chi connectivity index (χ0v) is 11.5. The number of nitrogens with zero attached hydrogens (tertiary/aromatic N) is 1. The van der Waals surface area contributed by atoms with Gasteiger partial charge in [0.15, 0.2) is 0 Å². The van der Waals surface area contributed by atoms with Crippen LogP contribution < -0.4 is 5.32 Å². The van der Waals surface area contributed by atoms with E-state index in [0.29, 0.717) is 0 Å². The van der Waals surface area contributed by atoms with Crippen LogP contribution in [-0.4, -0.2) is 49.8 Å². The molecule has 2 saturated heterocycles. The van der Waals surface area contributed by atoms with Gasteiger partial charge in [-0.05, 0) is 38.1 Å². The van der Waals surface area contributed by atoms with Crippen LogP contribution in [0.5, 0.6) is 0 Å². The molecule has 2 rings (SSSR count). The molecule has 0 spiro atoms. The molecule has 0 saturated carbocycles. The van der Waals surface area contributed by atoms with E-state index in [4.69, 9.17) is 4.74 Å². The second-order valence-corrected chi connectivity index (χ2v) is 5.98. The van der Waals surface area contributed by atoms with Crippen LogP contribution in [0.15, 0.2) is 0 Å². The minimum atomic E-state index is 0.733. The van der Waals surface area contributed by atoms with Crippen molar-refractivity contribution in [2.24, 2.45) is 5.92 Å². The summed E-state index contributed by atoms with van der Waals surface area (Å²) in [6, 6.07) is 1.49. The molecule has 0 amide bonds. The molecule has 0 bridgehead atoms. The Kier molecular flexibility index (Phi) is 5.26. The van der Waals surface area contributed by atoms with Crippen molar-refractivity contribution in [2.75, 3.05) is 32.8 Å². The summed E-state index contributed by atoms with van der Waals surface area (Å²) in [5, 5.41) is 3.63. The SMILES string of the molecule is CC(C)CN(CC1CCCN1)C1CCOCC1. The van der Waals surface area contributed by atoms with Gasteiger partial charge >= 0.3 is 0 Å². The van der Waals surface area contributed by atoms with Gasteiger partial charge in [-0.15, -0.1) is 0 Å². The molecule has 2 fully saturated rings. The molecule has 1 atom stereocenters. The lowest BCUT2D eigenvalue weighted by Crippen LogP contribution is -2.47. The Balaban J connectivity index is 1.86. The first-order valence-electron chi connectivity index (χ1n) is 7.31. The molecule has 3 heteroatoms.